The number of esters is 1. The van der Waals surface area contributed by atoms with Crippen molar-refractivity contribution in [3.05, 3.63) is 94.5 Å². The van der Waals surface area contributed by atoms with Gasteiger partial charge >= 0.3 is 5.97 Å². The SMILES string of the molecule is CCOC(=O)[C@H]1C(=O)N(Cc2ccc(C)cc2)c2nc3ccccc3n2[C@@H]1c1ccc(Cl)cc1. The van der Waals surface area contributed by atoms with Crippen LogP contribution in [0.1, 0.15) is 29.7 Å². The van der Waals surface area contributed by atoms with Crippen molar-refractivity contribution in [3.8, 4) is 0 Å². The smallest absolute Gasteiger partial charge is 0.321 e. The molecular formula is C27H24ClN3O3. The molecule has 0 unspecified atom stereocenters. The number of hydrogen-bond acceptors (Lipinski definition) is 4. The third kappa shape index (κ3) is 3.84. The normalized spacial score (nSPS) is 17.6. The van der Waals surface area contributed by atoms with Crippen LogP contribution in [0.3, 0.4) is 0 Å². The number of aromatic nitrogens is 2. The average Bonchev–Trinajstić information content (AvgIpc) is 3.22. The van der Waals surface area contributed by atoms with E-state index in [2.05, 4.69) is 0 Å². The minimum atomic E-state index is -1.06. The molecule has 0 fully saturated rings. The van der Waals surface area contributed by atoms with Crippen molar-refractivity contribution in [3.63, 3.8) is 0 Å². The van der Waals surface area contributed by atoms with Gasteiger partial charge < -0.3 is 9.30 Å². The molecule has 0 radical (unpaired) electrons. The lowest BCUT2D eigenvalue weighted by molar-refractivity contribution is -0.153. The molecule has 7 heteroatoms. The van der Waals surface area contributed by atoms with Crippen LogP contribution in [0.15, 0.2) is 72.8 Å². The van der Waals surface area contributed by atoms with Crippen LogP contribution in [0.25, 0.3) is 11.0 Å². The Morgan fingerprint density at radius 1 is 1.03 bits per heavy atom. The number of ether oxygens (including phenoxy) is 1. The highest BCUT2D eigenvalue weighted by atomic mass is 35.5. The van der Waals surface area contributed by atoms with Gasteiger partial charge in [-0.3, -0.25) is 14.5 Å². The van der Waals surface area contributed by atoms with Gasteiger partial charge in [0.25, 0.3) is 0 Å². The van der Waals surface area contributed by atoms with Crippen molar-refractivity contribution in [1.29, 1.82) is 0 Å². The minimum absolute atomic E-state index is 0.186. The maximum Gasteiger partial charge on any atom is 0.321 e. The van der Waals surface area contributed by atoms with Crippen LogP contribution in [0, 0.1) is 12.8 Å². The number of para-hydroxylation sites is 2. The predicted molar refractivity (Wildman–Crippen MR) is 132 cm³/mol. The Morgan fingerprint density at radius 2 is 1.74 bits per heavy atom. The molecule has 0 saturated heterocycles. The molecule has 2 heterocycles. The van der Waals surface area contributed by atoms with E-state index in [1.165, 1.54) is 0 Å². The number of halogens is 1. The van der Waals surface area contributed by atoms with E-state index in [9.17, 15) is 9.59 Å². The van der Waals surface area contributed by atoms with Crippen molar-refractivity contribution in [2.24, 2.45) is 5.92 Å². The van der Waals surface area contributed by atoms with E-state index < -0.39 is 17.9 Å². The van der Waals surface area contributed by atoms with Gasteiger partial charge in [-0.1, -0.05) is 65.7 Å². The van der Waals surface area contributed by atoms with E-state index in [1.807, 2.05) is 72.2 Å². The van der Waals surface area contributed by atoms with Gasteiger partial charge in [0.05, 0.1) is 30.2 Å². The lowest BCUT2D eigenvalue weighted by Gasteiger charge is -2.38. The second-order valence-corrected chi connectivity index (χ2v) is 8.84. The van der Waals surface area contributed by atoms with Crippen molar-refractivity contribution in [2.45, 2.75) is 26.4 Å². The van der Waals surface area contributed by atoms with Gasteiger partial charge in [-0.05, 0) is 49.2 Å². The number of carbonyl (C=O) groups is 2. The molecule has 0 saturated carbocycles. The van der Waals surface area contributed by atoms with Crippen LogP contribution < -0.4 is 4.90 Å². The molecule has 0 bridgehead atoms. The average molecular weight is 474 g/mol. The number of rotatable bonds is 5. The molecule has 4 aromatic rings. The van der Waals surface area contributed by atoms with Gasteiger partial charge in [-0.2, -0.15) is 0 Å². The zero-order chi connectivity index (χ0) is 23.8. The zero-order valence-electron chi connectivity index (χ0n) is 18.9. The molecule has 1 aliphatic rings. The predicted octanol–water partition coefficient (Wildman–Crippen LogP) is 5.31. The van der Waals surface area contributed by atoms with Crippen LogP contribution >= 0.6 is 11.6 Å². The summed E-state index contributed by atoms with van der Waals surface area (Å²) < 4.78 is 7.38. The summed E-state index contributed by atoms with van der Waals surface area (Å²) in [5.74, 6) is -1.43. The largest absolute Gasteiger partial charge is 0.465 e. The Labute approximate surface area is 202 Å². The van der Waals surface area contributed by atoms with Gasteiger partial charge in [0, 0.05) is 5.02 Å². The molecule has 172 valence electrons. The number of hydrogen-bond donors (Lipinski definition) is 0. The van der Waals surface area contributed by atoms with Crippen molar-refractivity contribution < 1.29 is 14.3 Å². The van der Waals surface area contributed by atoms with Crippen molar-refractivity contribution in [1.82, 2.24) is 9.55 Å². The first-order chi connectivity index (χ1) is 16.5. The first-order valence-electron chi connectivity index (χ1n) is 11.2. The third-order valence-electron chi connectivity index (χ3n) is 6.16. The van der Waals surface area contributed by atoms with Crippen LogP contribution in [-0.4, -0.2) is 28.0 Å². The van der Waals surface area contributed by atoms with E-state index in [0.29, 0.717) is 17.5 Å². The highest BCUT2D eigenvalue weighted by molar-refractivity contribution is 6.30. The summed E-state index contributed by atoms with van der Waals surface area (Å²) in [6.45, 7) is 4.24. The molecule has 0 spiro atoms. The maximum absolute atomic E-state index is 13.9. The second kappa shape index (κ2) is 8.95. The first kappa shape index (κ1) is 22.2. The molecule has 34 heavy (non-hydrogen) atoms. The second-order valence-electron chi connectivity index (χ2n) is 8.41. The Kier molecular flexibility index (Phi) is 5.84. The van der Waals surface area contributed by atoms with Crippen LogP contribution in [0.4, 0.5) is 5.95 Å². The fourth-order valence-corrected chi connectivity index (χ4v) is 4.66. The number of imidazole rings is 1. The molecule has 1 aromatic heterocycles. The summed E-state index contributed by atoms with van der Waals surface area (Å²) in [7, 11) is 0. The Morgan fingerprint density at radius 3 is 2.44 bits per heavy atom. The number of aryl methyl sites for hydroxylation is 1. The fourth-order valence-electron chi connectivity index (χ4n) is 4.53. The quantitative estimate of drug-likeness (QED) is 0.291. The standard InChI is InChI=1S/C27H24ClN3O3/c1-3-34-26(33)23-24(19-12-14-20(28)15-13-19)31-22-7-5-4-6-21(22)29-27(31)30(25(23)32)16-18-10-8-17(2)9-11-18/h4-15,23-24H,3,16H2,1-2H3/t23-,24-/m1/s1. The summed E-state index contributed by atoms with van der Waals surface area (Å²) in [6, 6.07) is 22.3. The maximum atomic E-state index is 13.9. The van der Waals surface area contributed by atoms with Gasteiger partial charge in [0.15, 0.2) is 5.92 Å². The number of benzene rings is 3. The highest BCUT2D eigenvalue weighted by Crippen LogP contribution is 2.42. The van der Waals surface area contributed by atoms with Crippen molar-refractivity contribution in [2.75, 3.05) is 11.5 Å². The molecule has 1 aliphatic heterocycles. The lowest BCUT2D eigenvalue weighted by atomic mass is 9.89. The zero-order valence-corrected chi connectivity index (χ0v) is 19.7. The molecule has 0 N–H and O–H groups in total. The summed E-state index contributed by atoms with van der Waals surface area (Å²) in [6.07, 6.45) is 0. The van der Waals surface area contributed by atoms with Gasteiger partial charge in [-0.15, -0.1) is 0 Å². The third-order valence-corrected chi connectivity index (χ3v) is 6.41. The Balaban J connectivity index is 1.73. The number of fused-ring (bicyclic) bond motifs is 3. The van der Waals surface area contributed by atoms with Gasteiger partial charge in [0.2, 0.25) is 11.9 Å². The molecule has 5 rings (SSSR count). The van der Waals surface area contributed by atoms with E-state index in [1.54, 1.807) is 24.0 Å². The van der Waals surface area contributed by atoms with Crippen molar-refractivity contribution >= 4 is 40.5 Å². The van der Waals surface area contributed by atoms with Crippen LogP contribution in [0.2, 0.25) is 5.02 Å². The number of nitrogens with zero attached hydrogens (tertiary/aromatic N) is 3. The molecule has 0 aliphatic carbocycles. The van der Waals surface area contributed by atoms with E-state index in [0.717, 1.165) is 27.7 Å². The molecule has 6 nitrogen and oxygen atoms in total. The number of anilines is 1. The minimum Gasteiger partial charge on any atom is -0.465 e. The monoisotopic (exact) mass is 473 g/mol. The Hall–Kier alpha value is -3.64. The Bertz CT molecular complexity index is 1360. The summed E-state index contributed by atoms with van der Waals surface area (Å²) in [5, 5.41) is 0.579. The first-order valence-corrected chi connectivity index (χ1v) is 11.6. The summed E-state index contributed by atoms with van der Waals surface area (Å²) >= 11 is 6.14. The molecular weight excluding hydrogens is 450 g/mol. The molecule has 2 atom stereocenters. The number of carbonyl (C=O) groups excluding carboxylic acids is 2. The highest BCUT2D eigenvalue weighted by Gasteiger charge is 2.47. The van der Waals surface area contributed by atoms with Gasteiger partial charge in [-0.25, -0.2) is 4.98 Å². The van der Waals surface area contributed by atoms with Crippen LogP contribution in [-0.2, 0) is 20.9 Å². The summed E-state index contributed by atoms with van der Waals surface area (Å²) in [5.41, 5.74) is 4.46. The van der Waals surface area contributed by atoms with E-state index in [4.69, 9.17) is 21.3 Å². The molecule has 1 amide bonds. The fraction of sp³-hybridized carbons (Fsp3) is 0.222. The van der Waals surface area contributed by atoms with Gasteiger partial charge in [0.1, 0.15) is 0 Å². The molecule has 3 aromatic carbocycles. The lowest BCUT2D eigenvalue weighted by Crippen LogP contribution is -2.49. The topological polar surface area (TPSA) is 64.4 Å². The van der Waals surface area contributed by atoms with E-state index in [-0.39, 0.29) is 12.5 Å². The van der Waals surface area contributed by atoms with E-state index >= 15 is 0 Å². The summed E-state index contributed by atoms with van der Waals surface area (Å²) in [4.78, 5) is 33.6. The number of amides is 1. The van der Waals surface area contributed by atoms with Crippen LogP contribution in [0.5, 0.6) is 0 Å².